The van der Waals surface area contributed by atoms with Crippen LogP contribution in [-0.4, -0.2) is 47.6 Å². The lowest BCUT2D eigenvalue weighted by Crippen LogP contribution is -2.38. The van der Waals surface area contributed by atoms with E-state index in [9.17, 15) is 14.7 Å². The van der Waals surface area contributed by atoms with Gasteiger partial charge in [0.25, 0.3) is 0 Å². The highest BCUT2D eigenvalue weighted by atomic mass is 16.3. The molecule has 0 aromatic carbocycles. The topological polar surface area (TPSA) is 69.6 Å². The predicted octanol–water partition coefficient (Wildman–Crippen LogP) is 0.378. The van der Waals surface area contributed by atoms with Gasteiger partial charge in [-0.05, 0) is 18.8 Å². The van der Waals surface area contributed by atoms with Gasteiger partial charge < -0.3 is 15.3 Å². The Labute approximate surface area is 109 Å². The first-order valence-electron chi connectivity index (χ1n) is 6.61. The van der Waals surface area contributed by atoms with Crippen molar-refractivity contribution in [2.75, 3.05) is 19.6 Å². The Kier molecular flexibility index (Phi) is 5.59. The number of carbonyl (C=O) groups is 2. The summed E-state index contributed by atoms with van der Waals surface area (Å²) in [5.41, 5.74) is 0. The standard InChI is InChI=1S/C13H24N2O3/c1-9(2)6-12(17)7-14-13(18)11-4-5-15(8-11)10(3)16/h9,11-12,17H,4-8H2,1-3H3,(H,14,18). The molecular formula is C13H24N2O3. The van der Waals surface area contributed by atoms with Crippen LogP contribution in [-0.2, 0) is 9.59 Å². The van der Waals surface area contributed by atoms with Crippen LogP contribution < -0.4 is 5.32 Å². The third kappa shape index (κ3) is 4.64. The lowest BCUT2D eigenvalue weighted by molar-refractivity contribution is -0.128. The van der Waals surface area contributed by atoms with Crippen LogP contribution in [0, 0.1) is 11.8 Å². The molecule has 2 amide bonds. The summed E-state index contributed by atoms with van der Waals surface area (Å²) < 4.78 is 0. The van der Waals surface area contributed by atoms with E-state index in [4.69, 9.17) is 0 Å². The highest BCUT2D eigenvalue weighted by molar-refractivity contribution is 5.81. The summed E-state index contributed by atoms with van der Waals surface area (Å²) in [5, 5.41) is 12.4. The summed E-state index contributed by atoms with van der Waals surface area (Å²) in [6.45, 7) is 7.04. The van der Waals surface area contributed by atoms with E-state index in [0.29, 0.717) is 38.4 Å². The molecule has 104 valence electrons. The van der Waals surface area contributed by atoms with E-state index in [1.807, 2.05) is 13.8 Å². The van der Waals surface area contributed by atoms with E-state index in [1.54, 1.807) is 4.90 Å². The molecular weight excluding hydrogens is 232 g/mol. The van der Waals surface area contributed by atoms with Gasteiger partial charge in [0, 0.05) is 26.6 Å². The number of aliphatic hydroxyl groups excluding tert-OH is 1. The van der Waals surface area contributed by atoms with E-state index in [-0.39, 0.29) is 17.7 Å². The summed E-state index contributed by atoms with van der Waals surface area (Å²) in [6.07, 6.45) is 0.912. The molecule has 0 radical (unpaired) electrons. The van der Waals surface area contributed by atoms with Gasteiger partial charge in [0.05, 0.1) is 12.0 Å². The third-order valence-corrected chi connectivity index (χ3v) is 3.26. The normalized spacial score (nSPS) is 21.2. The second-order valence-corrected chi connectivity index (χ2v) is 5.48. The van der Waals surface area contributed by atoms with Gasteiger partial charge in [0.15, 0.2) is 0 Å². The Bertz CT molecular complexity index is 305. The van der Waals surface area contributed by atoms with E-state index in [2.05, 4.69) is 5.32 Å². The van der Waals surface area contributed by atoms with Gasteiger partial charge in [0.2, 0.25) is 11.8 Å². The maximum atomic E-state index is 11.8. The van der Waals surface area contributed by atoms with Crippen LogP contribution in [0.5, 0.6) is 0 Å². The Hall–Kier alpha value is -1.10. The van der Waals surface area contributed by atoms with Crippen molar-refractivity contribution in [2.24, 2.45) is 11.8 Å². The largest absolute Gasteiger partial charge is 0.391 e. The van der Waals surface area contributed by atoms with Gasteiger partial charge in [-0.1, -0.05) is 13.8 Å². The molecule has 5 nitrogen and oxygen atoms in total. The average molecular weight is 256 g/mol. The molecule has 0 aliphatic carbocycles. The maximum Gasteiger partial charge on any atom is 0.225 e. The van der Waals surface area contributed by atoms with Crippen LogP contribution in [0.3, 0.4) is 0 Å². The Morgan fingerprint density at radius 1 is 1.44 bits per heavy atom. The summed E-state index contributed by atoms with van der Waals surface area (Å²) in [7, 11) is 0. The SMILES string of the molecule is CC(=O)N1CCC(C(=O)NCC(O)CC(C)C)C1. The molecule has 1 aliphatic heterocycles. The maximum absolute atomic E-state index is 11.8. The van der Waals surface area contributed by atoms with Gasteiger partial charge in [-0.2, -0.15) is 0 Å². The molecule has 1 aliphatic rings. The van der Waals surface area contributed by atoms with Crippen molar-refractivity contribution >= 4 is 11.8 Å². The van der Waals surface area contributed by atoms with Crippen LogP contribution in [0.25, 0.3) is 0 Å². The first-order valence-corrected chi connectivity index (χ1v) is 6.61. The molecule has 1 fully saturated rings. The molecule has 5 heteroatoms. The molecule has 2 atom stereocenters. The van der Waals surface area contributed by atoms with Crippen LogP contribution in [0.1, 0.15) is 33.6 Å². The molecule has 1 rings (SSSR count). The monoisotopic (exact) mass is 256 g/mol. The lowest BCUT2D eigenvalue weighted by atomic mass is 10.1. The van der Waals surface area contributed by atoms with Crippen LogP contribution >= 0.6 is 0 Å². The fourth-order valence-corrected chi connectivity index (χ4v) is 2.25. The second kappa shape index (κ2) is 6.73. The van der Waals surface area contributed by atoms with Crippen molar-refractivity contribution in [3.63, 3.8) is 0 Å². The van der Waals surface area contributed by atoms with Crippen LogP contribution in [0.4, 0.5) is 0 Å². The van der Waals surface area contributed by atoms with E-state index < -0.39 is 6.10 Å². The summed E-state index contributed by atoms with van der Waals surface area (Å²) in [5.74, 6) is 0.253. The van der Waals surface area contributed by atoms with Crippen molar-refractivity contribution in [1.82, 2.24) is 10.2 Å². The zero-order valence-corrected chi connectivity index (χ0v) is 11.5. The van der Waals surface area contributed by atoms with Crippen LogP contribution in [0.15, 0.2) is 0 Å². The quantitative estimate of drug-likeness (QED) is 0.747. The zero-order valence-electron chi connectivity index (χ0n) is 11.5. The highest BCUT2D eigenvalue weighted by Gasteiger charge is 2.29. The Morgan fingerprint density at radius 2 is 2.11 bits per heavy atom. The minimum Gasteiger partial charge on any atom is -0.391 e. The number of hydrogen-bond acceptors (Lipinski definition) is 3. The Morgan fingerprint density at radius 3 is 2.61 bits per heavy atom. The number of nitrogens with zero attached hydrogens (tertiary/aromatic N) is 1. The minimum atomic E-state index is -0.487. The summed E-state index contributed by atoms with van der Waals surface area (Å²) in [6, 6.07) is 0. The fraction of sp³-hybridized carbons (Fsp3) is 0.846. The molecule has 0 bridgehead atoms. The van der Waals surface area contributed by atoms with Gasteiger partial charge in [-0.15, -0.1) is 0 Å². The van der Waals surface area contributed by atoms with Crippen LogP contribution in [0.2, 0.25) is 0 Å². The van der Waals surface area contributed by atoms with Gasteiger partial charge >= 0.3 is 0 Å². The molecule has 18 heavy (non-hydrogen) atoms. The molecule has 0 aromatic heterocycles. The lowest BCUT2D eigenvalue weighted by Gasteiger charge is -2.16. The number of hydrogen-bond donors (Lipinski definition) is 2. The van der Waals surface area contributed by atoms with E-state index in [0.717, 1.165) is 0 Å². The van der Waals surface area contributed by atoms with Crippen molar-refractivity contribution in [3.8, 4) is 0 Å². The van der Waals surface area contributed by atoms with Crippen molar-refractivity contribution in [3.05, 3.63) is 0 Å². The van der Waals surface area contributed by atoms with Crippen molar-refractivity contribution in [2.45, 2.75) is 39.7 Å². The second-order valence-electron chi connectivity index (χ2n) is 5.48. The fourth-order valence-electron chi connectivity index (χ4n) is 2.25. The molecule has 2 unspecified atom stereocenters. The number of nitrogens with one attached hydrogen (secondary N) is 1. The first-order chi connectivity index (χ1) is 8.40. The molecule has 0 saturated carbocycles. The number of likely N-dealkylation sites (tertiary alicyclic amines) is 1. The van der Waals surface area contributed by atoms with Gasteiger partial charge in [0.1, 0.15) is 0 Å². The van der Waals surface area contributed by atoms with Gasteiger partial charge in [-0.25, -0.2) is 0 Å². The summed E-state index contributed by atoms with van der Waals surface area (Å²) >= 11 is 0. The minimum absolute atomic E-state index is 0.0187. The average Bonchev–Trinajstić information content (AvgIpc) is 2.74. The molecule has 1 heterocycles. The zero-order chi connectivity index (χ0) is 13.7. The molecule has 0 aromatic rings. The number of rotatable bonds is 5. The third-order valence-electron chi connectivity index (χ3n) is 3.26. The number of amides is 2. The van der Waals surface area contributed by atoms with Gasteiger partial charge in [-0.3, -0.25) is 9.59 Å². The van der Waals surface area contributed by atoms with E-state index >= 15 is 0 Å². The molecule has 2 N–H and O–H groups in total. The summed E-state index contributed by atoms with van der Waals surface area (Å²) in [4.78, 5) is 24.7. The molecule has 0 spiro atoms. The number of carbonyl (C=O) groups excluding carboxylic acids is 2. The predicted molar refractivity (Wildman–Crippen MR) is 68.8 cm³/mol. The number of aliphatic hydroxyl groups is 1. The Balaban J connectivity index is 2.28. The van der Waals surface area contributed by atoms with E-state index in [1.165, 1.54) is 6.92 Å². The van der Waals surface area contributed by atoms with Crippen molar-refractivity contribution < 1.29 is 14.7 Å². The first kappa shape index (κ1) is 15.0. The van der Waals surface area contributed by atoms with Crippen molar-refractivity contribution in [1.29, 1.82) is 0 Å². The smallest absolute Gasteiger partial charge is 0.225 e. The highest BCUT2D eigenvalue weighted by Crippen LogP contribution is 2.16. The molecule has 1 saturated heterocycles.